The van der Waals surface area contributed by atoms with Gasteiger partial charge in [0.25, 0.3) is 11.7 Å². The van der Waals surface area contributed by atoms with Crippen molar-refractivity contribution in [2.75, 3.05) is 13.2 Å². The van der Waals surface area contributed by atoms with Gasteiger partial charge in [0.1, 0.15) is 17.3 Å². The third kappa shape index (κ3) is 6.02. The number of Topliss-reactive ketones (excluding diaryl/α,β-unsaturated/α-hetero) is 1. The maximum Gasteiger partial charge on any atom is 0.295 e. The summed E-state index contributed by atoms with van der Waals surface area (Å²) in [5.41, 5.74) is 2.14. The lowest BCUT2D eigenvalue weighted by atomic mass is 9.95. The van der Waals surface area contributed by atoms with E-state index in [1.807, 2.05) is 61.5 Å². The van der Waals surface area contributed by atoms with E-state index >= 15 is 0 Å². The molecule has 6 heteroatoms. The molecule has 0 bridgehead atoms. The lowest BCUT2D eigenvalue weighted by molar-refractivity contribution is -0.140. The summed E-state index contributed by atoms with van der Waals surface area (Å²) in [5.74, 6) is -0.156. The van der Waals surface area contributed by atoms with Gasteiger partial charge in [-0.1, -0.05) is 62.2 Å². The number of benzene rings is 3. The average Bonchev–Trinajstić information content (AvgIpc) is 3.17. The Morgan fingerprint density at radius 3 is 2.14 bits per heavy atom. The Bertz CT molecular complexity index is 1230. The van der Waals surface area contributed by atoms with Crippen LogP contribution >= 0.6 is 0 Å². The van der Waals surface area contributed by atoms with Crippen LogP contribution in [-0.2, 0) is 16.1 Å². The van der Waals surface area contributed by atoms with E-state index in [9.17, 15) is 14.7 Å². The number of ketones is 1. The maximum atomic E-state index is 13.3. The summed E-state index contributed by atoms with van der Waals surface area (Å²) in [6, 6.07) is 23.0. The minimum absolute atomic E-state index is 0.0710. The first-order valence-corrected chi connectivity index (χ1v) is 12.8. The maximum absolute atomic E-state index is 13.3. The zero-order valence-electron chi connectivity index (χ0n) is 21.4. The first-order chi connectivity index (χ1) is 18.0. The molecular formula is C31H33NO5. The molecule has 1 aliphatic heterocycles. The molecule has 4 rings (SSSR count). The molecule has 6 nitrogen and oxygen atoms in total. The SMILES string of the molecule is CCCCCOc1ccc(C2C(=C(O)c3ccc(OCC)cc3)C(=O)C(=O)N2Cc2ccccc2)cc1. The minimum atomic E-state index is -0.735. The number of hydrogen-bond donors (Lipinski definition) is 1. The molecule has 1 amide bonds. The van der Waals surface area contributed by atoms with Crippen molar-refractivity contribution < 1.29 is 24.2 Å². The van der Waals surface area contributed by atoms with E-state index in [1.165, 1.54) is 4.90 Å². The molecule has 0 aliphatic carbocycles. The van der Waals surface area contributed by atoms with E-state index in [4.69, 9.17) is 9.47 Å². The van der Waals surface area contributed by atoms with Gasteiger partial charge in [0.2, 0.25) is 0 Å². The van der Waals surface area contributed by atoms with Gasteiger partial charge in [0.15, 0.2) is 0 Å². The van der Waals surface area contributed by atoms with Crippen molar-refractivity contribution in [1.29, 1.82) is 0 Å². The number of hydrogen-bond acceptors (Lipinski definition) is 5. The van der Waals surface area contributed by atoms with Crippen LogP contribution in [0.25, 0.3) is 5.76 Å². The van der Waals surface area contributed by atoms with Gasteiger partial charge < -0.3 is 19.5 Å². The van der Waals surface area contributed by atoms with Gasteiger partial charge in [0.05, 0.1) is 24.8 Å². The summed E-state index contributed by atoms with van der Waals surface area (Å²) in [6.07, 6.45) is 3.21. The van der Waals surface area contributed by atoms with E-state index in [0.29, 0.717) is 24.5 Å². The van der Waals surface area contributed by atoms with Gasteiger partial charge in [-0.2, -0.15) is 0 Å². The number of likely N-dealkylation sites (tertiary alicyclic amines) is 1. The van der Waals surface area contributed by atoms with Gasteiger partial charge >= 0.3 is 0 Å². The van der Waals surface area contributed by atoms with Crippen molar-refractivity contribution in [2.24, 2.45) is 0 Å². The Hall–Kier alpha value is -4.06. The molecule has 37 heavy (non-hydrogen) atoms. The molecule has 1 aliphatic rings. The summed E-state index contributed by atoms with van der Waals surface area (Å²) in [7, 11) is 0. The summed E-state index contributed by atoms with van der Waals surface area (Å²) in [6.45, 7) is 5.44. The fourth-order valence-electron chi connectivity index (χ4n) is 4.49. The van der Waals surface area contributed by atoms with E-state index in [2.05, 4.69) is 6.92 Å². The highest BCUT2D eigenvalue weighted by molar-refractivity contribution is 6.46. The van der Waals surface area contributed by atoms with E-state index in [1.54, 1.807) is 24.3 Å². The predicted octanol–water partition coefficient (Wildman–Crippen LogP) is 6.28. The Balaban J connectivity index is 1.71. The van der Waals surface area contributed by atoms with Crippen LogP contribution in [0.1, 0.15) is 55.8 Å². The average molecular weight is 500 g/mol. The van der Waals surface area contributed by atoms with Crippen LogP contribution in [-0.4, -0.2) is 34.9 Å². The summed E-state index contributed by atoms with van der Waals surface area (Å²) >= 11 is 0. The van der Waals surface area contributed by atoms with Crippen LogP contribution in [0.4, 0.5) is 0 Å². The number of carbonyl (C=O) groups excluding carboxylic acids is 2. The highest BCUT2D eigenvalue weighted by Crippen LogP contribution is 2.40. The molecule has 0 aromatic heterocycles. The van der Waals surface area contributed by atoms with E-state index in [-0.39, 0.29) is 17.9 Å². The molecular weight excluding hydrogens is 466 g/mol. The molecule has 1 fully saturated rings. The van der Waals surface area contributed by atoms with Gasteiger partial charge in [-0.25, -0.2) is 0 Å². The molecule has 1 N–H and O–H groups in total. The van der Waals surface area contributed by atoms with E-state index in [0.717, 1.165) is 36.1 Å². The normalized spacial score (nSPS) is 16.7. The zero-order valence-corrected chi connectivity index (χ0v) is 21.4. The fourth-order valence-corrected chi connectivity index (χ4v) is 4.49. The first-order valence-electron chi connectivity index (χ1n) is 12.8. The molecule has 0 radical (unpaired) electrons. The van der Waals surface area contributed by atoms with Crippen LogP contribution in [0.2, 0.25) is 0 Å². The van der Waals surface area contributed by atoms with Gasteiger partial charge in [-0.3, -0.25) is 9.59 Å². The number of rotatable bonds is 11. The highest BCUT2D eigenvalue weighted by Gasteiger charge is 2.46. The largest absolute Gasteiger partial charge is 0.507 e. The quantitative estimate of drug-likeness (QED) is 0.146. The predicted molar refractivity (Wildman–Crippen MR) is 143 cm³/mol. The second-order valence-electron chi connectivity index (χ2n) is 8.99. The zero-order chi connectivity index (χ0) is 26.2. The standard InChI is InChI=1S/C31H33NO5/c1-3-5-9-20-37-26-16-12-23(13-17-26)28-27(29(33)24-14-18-25(19-15-24)36-4-2)30(34)31(35)32(28)21-22-10-7-6-8-11-22/h6-8,10-19,28,33H,3-5,9,20-21H2,1-2H3. The molecule has 1 saturated heterocycles. The van der Waals surface area contributed by atoms with Crippen LogP contribution < -0.4 is 9.47 Å². The summed E-state index contributed by atoms with van der Waals surface area (Å²) in [5, 5.41) is 11.3. The number of nitrogens with zero attached hydrogens (tertiary/aromatic N) is 1. The summed E-state index contributed by atoms with van der Waals surface area (Å²) < 4.78 is 11.3. The van der Waals surface area contributed by atoms with Crippen molar-refractivity contribution in [3.05, 3.63) is 101 Å². The molecule has 1 heterocycles. The number of unbranched alkanes of at least 4 members (excludes halogenated alkanes) is 2. The van der Waals surface area contributed by atoms with Crippen molar-refractivity contribution in [3.8, 4) is 11.5 Å². The minimum Gasteiger partial charge on any atom is -0.507 e. The second kappa shape index (κ2) is 12.3. The third-order valence-corrected chi connectivity index (χ3v) is 6.39. The monoisotopic (exact) mass is 499 g/mol. The highest BCUT2D eigenvalue weighted by atomic mass is 16.5. The number of aliphatic hydroxyl groups excluding tert-OH is 1. The van der Waals surface area contributed by atoms with Crippen molar-refractivity contribution in [3.63, 3.8) is 0 Å². The van der Waals surface area contributed by atoms with Crippen molar-refractivity contribution >= 4 is 17.4 Å². The Morgan fingerprint density at radius 2 is 1.49 bits per heavy atom. The Labute approximate surface area is 218 Å². The van der Waals surface area contributed by atoms with Crippen molar-refractivity contribution in [2.45, 2.75) is 45.7 Å². The number of aliphatic hydroxyl groups is 1. The molecule has 1 atom stereocenters. The van der Waals surface area contributed by atoms with Crippen LogP contribution in [0.15, 0.2) is 84.4 Å². The molecule has 3 aromatic rings. The van der Waals surface area contributed by atoms with Crippen LogP contribution in [0.3, 0.4) is 0 Å². The van der Waals surface area contributed by atoms with Crippen LogP contribution in [0, 0.1) is 0 Å². The fraction of sp³-hybridized carbons (Fsp3) is 0.290. The van der Waals surface area contributed by atoms with Crippen molar-refractivity contribution in [1.82, 2.24) is 4.90 Å². The first kappa shape index (κ1) is 26.0. The Morgan fingerprint density at radius 1 is 0.838 bits per heavy atom. The van der Waals surface area contributed by atoms with Gasteiger partial charge in [0, 0.05) is 12.1 Å². The number of ether oxygens (including phenoxy) is 2. The van der Waals surface area contributed by atoms with E-state index < -0.39 is 17.7 Å². The molecule has 0 spiro atoms. The Kier molecular flexibility index (Phi) is 8.62. The molecule has 1 unspecified atom stereocenters. The third-order valence-electron chi connectivity index (χ3n) is 6.39. The topological polar surface area (TPSA) is 76.1 Å². The lowest BCUT2D eigenvalue weighted by Crippen LogP contribution is -2.29. The van der Waals surface area contributed by atoms with Gasteiger partial charge in [-0.15, -0.1) is 0 Å². The smallest absolute Gasteiger partial charge is 0.295 e. The molecule has 3 aromatic carbocycles. The number of amides is 1. The molecule has 192 valence electrons. The van der Waals surface area contributed by atoms with Gasteiger partial charge in [-0.05, 0) is 60.9 Å². The molecule has 0 saturated carbocycles. The van der Waals surface area contributed by atoms with Crippen LogP contribution in [0.5, 0.6) is 11.5 Å². The number of carbonyl (C=O) groups is 2. The lowest BCUT2D eigenvalue weighted by Gasteiger charge is -2.25. The second-order valence-corrected chi connectivity index (χ2v) is 8.99. The summed E-state index contributed by atoms with van der Waals surface area (Å²) in [4.78, 5) is 28.0.